The van der Waals surface area contributed by atoms with Gasteiger partial charge in [0.1, 0.15) is 5.75 Å². The monoisotopic (exact) mass is 494 g/mol. The molecule has 3 aromatic rings. The number of anilines is 3. The second kappa shape index (κ2) is 9.99. The zero-order chi connectivity index (χ0) is 25.4. The van der Waals surface area contributed by atoms with E-state index in [1.807, 2.05) is 43.3 Å². The standard InChI is InChI=1S/C27H34N4O5/c1-16-7-12-21-22(30(16)27(34)36-3)13-14-23-24(21)29-26(28-18-5-4-6-20(15-18)35-2)31(23)19-10-8-17(9-11-19)25(32)33/h4-6,13-17,19,25,32-33H,7-12H2,1-3H3,(H,28,29)/t16-,17?,19?/m0/s1. The molecule has 0 bridgehead atoms. The van der Waals surface area contributed by atoms with Gasteiger partial charge in [-0.2, -0.15) is 0 Å². The average Bonchev–Trinajstić information content (AvgIpc) is 3.26. The number of ether oxygens (including phenoxy) is 2. The van der Waals surface area contributed by atoms with Crippen LogP contribution in [0.2, 0.25) is 0 Å². The lowest BCUT2D eigenvalue weighted by Crippen LogP contribution is -2.42. The van der Waals surface area contributed by atoms with Gasteiger partial charge in [0.2, 0.25) is 5.95 Å². The molecule has 5 rings (SSSR count). The number of fused-ring (bicyclic) bond motifs is 3. The molecule has 1 aliphatic heterocycles. The number of imidazole rings is 1. The van der Waals surface area contributed by atoms with Crippen LogP contribution in [0.3, 0.4) is 0 Å². The summed E-state index contributed by atoms with van der Waals surface area (Å²) in [5.74, 6) is 1.37. The highest BCUT2D eigenvalue weighted by Crippen LogP contribution is 2.42. The molecule has 9 nitrogen and oxygen atoms in total. The number of rotatable bonds is 5. The summed E-state index contributed by atoms with van der Waals surface area (Å²) in [6.07, 6.45) is 3.12. The molecule has 2 aromatic carbocycles. The summed E-state index contributed by atoms with van der Waals surface area (Å²) < 4.78 is 12.7. The molecule has 9 heteroatoms. The summed E-state index contributed by atoms with van der Waals surface area (Å²) in [6, 6.07) is 12.0. The van der Waals surface area contributed by atoms with Crippen LogP contribution in [0.1, 0.15) is 50.6 Å². The van der Waals surface area contributed by atoms with Gasteiger partial charge in [-0.1, -0.05) is 6.07 Å². The van der Waals surface area contributed by atoms with Crippen LogP contribution in [0.5, 0.6) is 5.75 Å². The van der Waals surface area contributed by atoms with E-state index in [1.54, 1.807) is 12.0 Å². The Morgan fingerprint density at radius 1 is 1.11 bits per heavy atom. The molecule has 0 radical (unpaired) electrons. The molecule has 3 N–H and O–H groups in total. The van der Waals surface area contributed by atoms with Gasteiger partial charge in [0.25, 0.3) is 0 Å². The van der Waals surface area contributed by atoms with E-state index in [2.05, 4.69) is 9.88 Å². The van der Waals surface area contributed by atoms with Crippen LogP contribution in [0, 0.1) is 5.92 Å². The number of hydrogen-bond acceptors (Lipinski definition) is 7. The van der Waals surface area contributed by atoms with E-state index >= 15 is 0 Å². The first-order valence-electron chi connectivity index (χ1n) is 12.6. The molecule has 192 valence electrons. The number of methoxy groups -OCH3 is 2. The largest absolute Gasteiger partial charge is 0.497 e. The van der Waals surface area contributed by atoms with E-state index in [0.717, 1.165) is 78.2 Å². The first kappa shape index (κ1) is 24.4. The number of aryl methyl sites for hydroxylation is 1. The van der Waals surface area contributed by atoms with Crippen molar-refractivity contribution >= 4 is 34.4 Å². The fourth-order valence-corrected chi connectivity index (χ4v) is 5.72. The SMILES string of the molecule is COC(=O)N1c2ccc3c(nc(Nc4cccc(OC)c4)n3C3CCC(C(O)O)CC3)c2CC[C@@H]1C. The maximum absolute atomic E-state index is 12.6. The number of nitrogens with one attached hydrogen (secondary N) is 1. The average molecular weight is 495 g/mol. The van der Waals surface area contributed by atoms with E-state index in [9.17, 15) is 15.0 Å². The van der Waals surface area contributed by atoms with Crippen molar-refractivity contribution in [3.63, 3.8) is 0 Å². The van der Waals surface area contributed by atoms with E-state index < -0.39 is 6.29 Å². The third-order valence-electron chi connectivity index (χ3n) is 7.68. The molecule has 36 heavy (non-hydrogen) atoms. The molecule has 0 saturated heterocycles. The second-order valence-corrected chi connectivity index (χ2v) is 9.80. The topological polar surface area (TPSA) is 109 Å². The number of amides is 1. The molecule has 1 aliphatic carbocycles. The molecule has 1 atom stereocenters. The first-order chi connectivity index (χ1) is 17.4. The van der Waals surface area contributed by atoms with Gasteiger partial charge in [-0.15, -0.1) is 0 Å². The van der Waals surface area contributed by atoms with Gasteiger partial charge >= 0.3 is 6.09 Å². The summed E-state index contributed by atoms with van der Waals surface area (Å²) in [6.45, 7) is 2.03. The molecule has 1 saturated carbocycles. The van der Waals surface area contributed by atoms with Crippen molar-refractivity contribution in [3.8, 4) is 5.75 Å². The van der Waals surface area contributed by atoms with Gasteiger partial charge in [0, 0.05) is 35.3 Å². The minimum atomic E-state index is -1.28. The van der Waals surface area contributed by atoms with E-state index in [-0.39, 0.29) is 24.1 Å². The normalized spacial score (nSPS) is 21.9. The second-order valence-electron chi connectivity index (χ2n) is 9.80. The van der Waals surface area contributed by atoms with Gasteiger partial charge < -0.3 is 29.6 Å². The highest BCUT2D eigenvalue weighted by atomic mass is 16.5. The lowest BCUT2D eigenvalue weighted by atomic mass is 9.85. The van der Waals surface area contributed by atoms with Gasteiger partial charge in [0.05, 0.1) is 30.9 Å². The highest BCUT2D eigenvalue weighted by molar-refractivity contribution is 5.96. The quantitative estimate of drug-likeness (QED) is 0.440. The lowest BCUT2D eigenvalue weighted by molar-refractivity contribution is -0.0950. The fourth-order valence-electron chi connectivity index (χ4n) is 5.72. The van der Waals surface area contributed by atoms with Crippen LogP contribution in [-0.2, 0) is 11.2 Å². The van der Waals surface area contributed by atoms with Crippen molar-refractivity contribution in [1.29, 1.82) is 0 Å². The maximum Gasteiger partial charge on any atom is 0.414 e. The van der Waals surface area contributed by atoms with Crippen LogP contribution >= 0.6 is 0 Å². The number of aromatic nitrogens is 2. The van der Waals surface area contributed by atoms with Crippen molar-refractivity contribution in [2.24, 2.45) is 5.92 Å². The van der Waals surface area contributed by atoms with E-state index in [1.165, 1.54) is 7.11 Å². The minimum absolute atomic E-state index is 0.0408. The number of benzene rings is 2. The number of aliphatic hydroxyl groups is 2. The number of aliphatic hydroxyl groups excluding tert-OH is 1. The van der Waals surface area contributed by atoms with Crippen molar-refractivity contribution in [2.45, 2.75) is 63.8 Å². The number of nitrogens with zero attached hydrogens (tertiary/aromatic N) is 3. The number of carbonyl (C=O) groups is 1. The van der Waals surface area contributed by atoms with Gasteiger partial charge in [-0.05, 0) is 69.7 Å². The minimum Gasteiger partial charge on any atom is -0.497 e. The molecule has 1 fully saturated rings. The Morgan fingerprint density at radius 2 is 1.89 bits per heavy atom. The van der Waals surface area contributed by atoms with Crippen molar-refractivity contribution < 1.29 is 24.5 Å². The number of hydrogen-bond donors (Lipinski definition) is 3. The van der Waals surface area contributed by atoms with Crippen LogP contribution in [0.25, 0.3) is 11.0 Å². The zero-order valence-corrected chi connectivity index (χ0v) is 21.0. The summed E-state index contributed by atoms with van der Waals surface area (Å²) in [4.78, 5) is 19.4. The Kier molecular flexibility index (Phi) is 6.77. The molecule has 1 amide bonds. The summed E-state index contributed by atoms with van der Waals surface area (Å²) in [5.41, 5.74) is 4.64. The van der Waals surface area contributed by atoms with Gasteiger partial charge in [-0.25, -0.2) is 9.78 Å². The third-order valence-corrected chi connectivity index (χ3v) is 7.68. The van der Waals surface area contributed by atoms with Crippen LogP contribution in [-0.4, -0.2) is 52.4 Å². The fraction of sp³-hybridized carbons (Fsp3) is 0.481. The first-order valence-corrected chi connectivity index (χ1v) is 12.6. The number of carbonyl (C=O) groups excluding carboxylic acids is 1. The molecule has 2 aliphatic rings. The molecule has 0 spiro atoms. The van der Waals surface area contributed by atoms with E-state index in [4.69, 9.17) is 14.5 Å². The van der Waals surface area contributed by atoms with Gasteiger partial charge in [-0.3, -0.25) is 4.90 Å². The van der Waals surface area contributed by atoms with E-state index in [0.29, 0.717) is 0 Å². The lowest BCUT2D eigenvalue weighted by Gasteiger charge is -2.34. The zero-order valence-electron chi connectivity index (χ0n) is 21.0. The summed E-state index contributed by atoms with van der Waals surface area (Å²) >= 11 is 0. The van der Waals surface area contributed by atoms with Gasteiger partial charge in [0.15, 0.2) is 6.29 Å². The Balaban J connectivity index is 1.61. The Bertz CT molecular complexity index is 1250. The Labute approximate surface area is 210 Å². The summed E-state index contributed by atoms with van der Waals surface area (Å²) in [5, 5.41) is 22.9. The van der Waals surface area contributed by atoms with Crippen molar-refractivity contribution in [2.75, 3.05) is 24.4 Å². The third kappa shape index (κ3) is 4.37. The van der Waals surface area contributed by atoms with Crippen molar-refractivity contribution in [1.82, 2.24) is 9.55 Å². The highest BCUT2D eigenvalue weighted by Gasteiger charge is 2.33. The Hall–Kier alpha value is -3.30. The molecule has 0 unspecified atom stereocenters. The maximum atomic E-state index is 12.6. The molecule has 1 aromatic heterocycles. The molecular formula is C27H34N4O5. The van der Waals surface area contributed by atoms with Crippen LogP contribution < -0.4 is 15.0 Å². The smallest absolute Gasteiger partial charge is 0.414 e. The predicted octanol–water partition coefficient (Wildman–Crippen LogP) is 4.74. The van der Waals surface area contributed by atoms with Crippen LogP contribution in [0.4, 0.5) is 22.1 Å². The Morgan fingerprint density at radius 3 is 2.58 bits per heavy atom. The predicted molar refractivity (Wildman–Crippen MR) is 138 cm³/mol. The summed E-state index contributed by atoms with van der Waals surface area (Å²) in [7, 11) is 3.05. The molecule has 2 heterocycles. The van der Waals surface area contributed by atoms with Crippen molar-refractivity contribution in [3.05, 3.63) is 42.0 Å². The molecular weight excluding hydrogens is 460 g/mol. The van der Waals surface area contributed by atoms with Crippen LogP contribution in [0.15, 0.2) is 36.4 Å².